The highest BCUT2D eigenvalue weighted by molar-refractivity contribution is 7.98. The van der Waals surface area contributed by atoms with Crippen LogP contribution in [0.4, 0.5) is 0 Å². The molecular weight excluding hydrogens is 404 g/mol. The van der Waals surface area contributed by atoms with Crippen molar-refractivity contribution in [3.8, 4) is 0 Å². The van der Waals surface area contributed by atoms with E-state index in [0.717, 1.165) is 25.0 Å². The van der Waals surface area contributed by atoms with Gasteiger partial charge in [0, 0.05) is 11.5 Å². The molecule has 1 aromatic carbocycles. The van der Waals surface area contributed by atoms with Crippen LogP contribution < -0.4 is 10.6 Å². The topological polar surface area (TPSA) is 100 Å². The number of unbranched alkanes of at least 4 members (excludes halogenated alkanes) is 3. The van der Waals surface area contributed by atoms with E-state index in [4.69, 9.17) is 9.47 Å². The molecule has 30 heavy (non-hydrogen) atoms. The van der Waals surface area contributed by atoms with Gasteiger partial charge >= 0.3 is 5.97 Å². The molecule has 0 aliphatic carbocycles. The summed E-state index contributed by atoms with van der Waals surface area (Å²) < 4.78 is 10.1. The van der Waals surface area contributed by atoms with Gasteiger partial charge < -0.3 is 19.9 Å². The summed E-state index contributed by atoms with van der Waals surface area (Å²) in [5, 5.41) is 16.5. The van der Waals surface area contributed by atoms with Crippen molar-refractivity contribution in [3.05, 3.63) is 35.9 Å². The first-order valence-electron chi connectivity index (χ1n) is 10.7. The lowest BCUT2D eigenvalue weighted by Gasteiger charge is -2.25. The molecule has 1 heterocycles. The van der Waals surface area contributed by atoms with Crippen molar-refractivity contribution >= 4 is 23.6 Å². The number of rotatable bonds is 15. The lowest BCUT2D eigenvalue weighted by atomic mass is 10.2. The number of aliphatic hydroxyl groups is 1. The molecule has 1 saturated heterocycles. The smallest absolute Gasteiger partial charge is 0.338 e. The minimum atomic E-state index is -0.876. The third-order valence-corrected chi connectivity index (χ3v) is 5.90. The van der Waals surface area contributed by atoms with E-state index in [-0.39, 0.29) is 6.61 Å². The Morgan fingerprint density at radius 3 is 2.63 bits per heavy atom. The summed E-state index contributed by atoms with van der Waals surface area (Å²) in [5.41, 5.74) is 1.18. The molecule has 8 heteroatoms. The number of ether oxygens (including phenoxy) is 2. The predicted molar refractivity (Wildman–Crippen MR) is 118 cm³/mol. The molecule has 0 radical (unpaired) electrons. The van der Waals surface area contributed by atoms with E-state index in [1.807, 2.05) is 30.3 Å². The maximum absolute atomic E-state index is 12.5. The zero-order chi connectivity index (χ0) is 21.8. The fourth-order valence-corrected chi connectivity index (χ4v) is 4.08. The molecule has 1 amide bonds. The third-order valence-electron chi connectivity index (χ3n) is 4.77. The first kappa shape index (κ1) is 24.7. The van der Waals surface area contributed by atoms with Gasteiger partial charge in [-0.05, 0) is 25.5 Å². The predicted octanol–water partition coefficient (Wildman–Crippen LogP) is 2.22. The van der Waals surface area contributed by atoms with E-state index < -0.39 is 36.4 Å². The number of amides is 1. The number of esters is 1. The summed E-state index contributed by atoms with van der Waals surface area (Å²) in [7, 11) is 0. The quantitative estimate of drug-likeness (QED) is 0.167. The molecular formula is C22H34N2O5S. The highest BCUT2D eigenvalue weighted by Crippen LogP contribution is 2.24. The molecule has 2 rings (SSSR count). The molecule has 3 N–H and O–H groups in total. The van der Waals surface area contributed by atoms with Crippen LogP contribution in [0.25, 0.3) is 0 Å². The van der Waals surface area contributed by atoms with E-state index in [1.165, 1.54) is 12.0 Å². The Morgan fingerprint density at radius 1 is 1.17 bits per heavy atom. The molecule has 168 valence electrons. The second-order valence-corrected chi connectivity index (χ2v) is 8.34. The van der Waals surface area contributed by atoms with Crippen molar-refractivity contribution in [2.24, 2.45) is 0 Å². The van der Waals surface area contributed by atoms with Crippen molar-refractivity contribution in [1.29, 1.82) is 0 Å². The van der Waals surface area contributed by atoms with Crippen LogP contribution in [0.15, 0.2) is 30.3 Å². The van der Waals surface area contributed by atoms with Gasteiger partial charge in [-0.15, -0.1) is 0 Å². The molecule has 1 aliphatic rings. The Labute approximate surface area is 183 Å². The maximum Gasteiger partial charge on any atom is 0.338 e. The van der Waals surface area contributed by atoms with Gasteiger partial charge in [0.2, 0.25) is 0 Å². The number of benzene rings is 1. The minimum absolute atomic E-state index is 0.243. The lowest BCUT2D eigenvalue weighted by Crippen LogP contribution is -2.53. The SMILES string of the molecule is CCCCCCNC(O)[C@H](CSCc1ccccc1)NC(=O)[C@H]1O[C@@H]1C(=O)OCC. The fraction of sp³-hybridized carbons (Fsp3) is 0.636. The summed E-state index contributed by atoms with van der Waals surface area (Å²) in [6.07, 6.45) is 1.83. The lowest BCUT2D eigenvalue weighted by molar-refractivity contribution is -0.144. The number of hydrogen-bond acceptors (Lipinski definition) is 7. The Morgan fingerprint density at radius 2 is 1.93 bits per heavy atom. The van der Waals surface area contributed by atoms with Crippen molar-refractivity contribution in [2.75, 3.05) is 18.9 Å². The molecule has 1 aromatic rings. The highest BCUT2D eigenvalue weighted by Gasteiger charge is 2.52. The van der Waals surface area contributed by atoms with Crippen molar-refractivity contribution in [3.63, 3.8) is 0 Å². The minimum Gasteiger partial charge on any atom is -0.464 e. The van der Waals surface area contributed by atoms with Gasteiger partial charge in [-0.25, -0.2) is 4.79 Å². The van der Waals surface area contributed by atoms with Gasteiger partial charge in [-0.2, -0.15) is 11.8 Å². The number of aliphatic hydroxyl groups excluding tert-OH is 1. The normalized spacial score (nSPS) is 19.7. The second-order valence-electron chi connectivity index (χ2n) is 7.30. The highest BCUT2D eigenvalue weighted by atomic mass is 32.2. The average molecular weight is 439 g/mol. The van der Waals surface area contributed by atoms with Crippen LogP contribution in [0.2, 0.25) is 0 Å². The van der Waals surface area contributed by atoms with Gasteiger partial charge in [0.15, 0.2) is 12.2 Å². The summed E-state index contributed by atoms with van der Waals surface area (Å²) in [4.78, 5) is 24.2. The summed E-state index contributed by atoms with van der Waals surface area (Å²) in [6, 6.07) is 9.54. The van der Waals surface area contributed by atoms with Gasteiger partial charge in [0.25, 0.3) is 5.91 Å². The van der Waals surface area contributed by atoms with Gasteiger partial charge in [0.05, 0.1) is 12.6 Å². The number of carbonyl (C=O) groups excluding carboxylic acids is 2. The zero-order valence-corrected chi connectivity index (χ0v) is 18.7. The third kappa shape index (κ3) is 8.63. The number of hydrogen-bond donors (Lipinski definition) is 3. The van der Waals surface area contributed by atoms with Crippen molar-refractivity contribution in [2.45, 2.75) is 69.8 Å². The zero-order valence-electron chi connectivity index (χ0n) is 17.8. The standard InChI is InChI=1S/C22H34N2O5S/c1-3-5-6-10-13-23-20(25)17(15-30-14-16-11-8-7-9-12-16)24-21(26)18-19(29-18)22(27)28-4-2/h7-9,11-12,17-20,23,25H,3-6,10,13-15H2,1-2H3,(H,24,26)/t17-,18-,19-,20?/m0/s1. The number of thioether (sulfide) groups is 1. The van der Waals surface area contributed by atoms with E-state index in [9.17, 15) is 14.7 Å². The summed E-state index contributed by atoms with van der Waals surface area (Å²) in [6.45, 7) is 4.79. The number of epoxide rings is 1. The number of carbonyl (C=O) groups is 2. The van der Waals surface area contributed by atoms with E-state index in [1.54, 1.807) is 18.7 Å². The van der Waals surface area contributed by atoms with Gasteiger partial charge in [-0.1, -0.05) is 56.5 Å². The Balaban J connectivity index is 1.84. The second kappa shape index (κ2) is 13.6. The van der Waals surface area contributed by atoms with Gasteiger partial charge in [-0.3, -0.25) is 10.1 Å². The fourth-order valence-electron chi connectivity index (χ4n) is 3.01. The summed E-state index contributed by atoms with van der Waals surface area (Å²) in [5.74, 6) is 0.384. The monoisotopic (exact) mass is 438 g/mol. The van der Waals surface area contributed by atoms with Crippen molar-refractivity contribution < 1.29 is 24.2 Å². The molecule has 0 bridgehead atoms. The van der Waals surface area contributed by atoms with Crippen molar-refractivity contribution in [1.82, 2.24) is 10.6 Å². The molecule has 1 fully saturated rings. The Bertz CT molecular complexity index is 646. The Hall–Kier alpha value is -1.61. The largest absolute Gasteiger partial charge is 0.464 e. The van der Waals surface area contributed by atoms with Crippen LogP contribution in [0.3, 0.4) is 0 Å². The molecule has 1 unspecified atom stereocenters. The first-order chi connectivity index (χ1) is 14.6. The van der Waals surface area contributed by atoms with Crippen LogP contribution >= 0.6 is 11.8 Å². The van der Waals surface area contributed by atoms with Crippen LogP contribution in [-0.4, -0.2) is 60.4 Å². The van der Waals surface area contributed by atoms with E-state index in [2.05, 4.69) is 17.6 Å². The van der Waals surface area contributed by atoms with E-state index in [0.29, 0.717) is 12.3 Å². The van der Waals surface area contributed by atoms with Crippen LogP contribution in [0.5, 0.6) is 0 Å². The first-order valence-corrected chi connectivity index (χ1v) is 11.9. The molecule has 0 spiro atoms. The van der Waals surface area contributed by atoms with E-state index >= 15 is 0 Å². The van der Waals surface area contributed by atoms with Crippen LogP contribution in [0.1, 0.15) is 45.1 Å². The number of nitrogens with one attached hydrogen (secondary N) is 2. The molecule has 4 atom stereocenters. The molecule has 0 aromatic heterocycles. The maximum atomic E-state index is 12.5. The summed E-state index contributed by atoms with van der Waals surface area (Å²) >= 11 is 1.63. The average Bonchev–Trinajstić information content (AvgIpc) is 3.55. The van der Waals surface area contributed by atoms with Gasteiger partial charge in [0.1, 0.15) is 6.23 Å². The van der Waals surface area contributed by atoms with Crippen LogP contribution in [0, 0.1) is 0 Å². The Kier molecular flexibility index (Phi) is 11.2. The molecule has 0 saturated carbocycles. The molecule has 7 nitrogen and oxygen atoms in total. The van der Waals surface area contributed by atoms with Crippen LogP contribution in [-0.2, 0) is 24.8 Å². The molecule has 1 aliphatic heterocycles.